The first-order valence-electron chi connectivity index (χ1n) is 3.39. The minimum atomic E-state index is -0.784. The van der Waals surface area contributed by atoms with E-state index >= 15 is 0 Å². The van der Waals surface area contributed by atoms with Crippen molar-refractivity contribution in [2.24, 2.45) is 0 Å². The predicted octanol–water partition coefficient (Wildman–Crippen LogP) is 2.86. The maximum absolute atomic E-state index is 10.2. The molecule has 0 saturated carbocycles. The largest absolute Gasteiger partial charge is 0.473 e. The Balaban J connectivity index is 2.38. The fraction of sp³-hybridized carbons (Fsp3) is 0.571. The van der Waals surface area contributed by atoms with E-state index in [0.717, 1.165) is 35.9 Å². The minimum absolute atomic E-state index is 0.784. The van der Waals surface area contributed by atoms with Crippen LogP contribution in [0.25, 0.3) is 0 Å². The van der Waals surface area contributed by atoms with E-state index in [1.165, 1.54) is 6.42 Å². The number of carboxylic acid groups (broad SMARTS) is 1. The second-order valence-corrected chi connectivity index (χ2v) is 3.36. The molecule has 0 spiro atoms. The van der Waals surface area contributed by atoms with Gasteiger partial charge in [0.2, 0.25) is 0 Å². The van der Waals surface area contributed by atoms with Crippen molar-refractivity contribution < 1.29 is 9.90 Å². The van der Waals surface area contributed by atoms with Gasteiger partial charge in [-0.15, -0.1) is 0 Å². The van der Waals surface area contributed by atoms with Gasteiger partial charge in [-0.2, -0.15) is 0 Å². The first-order chi connectivity index (χ1) is 4.79. The van der Waals surface area contributed by atoms with Crippen LogP contribution in [0.3, 0.4) is 0 Å². The summed E-state index contributed by atoms with van der Waals surface area (Å²) in [5.41, 5.74) is 0. The molecule has 0 unspecified atom stereocenters. The monoisotopic (exact) mass is 158 g/mol. The molecule has 1 aliphatic rings. The van der Waals surface area contributed by atoms with Gasteiger partial charge in [0, 0.05) is 0 Å². The molecule has 10 heavy (non-hydrogen) atoms. The van der Waals surface area contributed by atoms with Gasteiger partial charge in [-0.25, -0.2) is 4.79 Å². The molecular formula is C7H10O2S. The fourth-order valence-corrected chi connectivity index (χ4v) is 1.69. The SMILES string of the molecule is O=C(O)SC1=CCCCC1. The Hall–Kier alpha value is -0.440. The third-order valence-electron chi connectivity index (χ3n) is 1.47. The van der Waals surface area contributed by atoms with E-state index in [1.807, 2.05) is 6.08 Å². The summed E-state index contributed by atoms with van der Waals surface area (Å²) < 4.78 is 0. The van der Waals surface area contributed by atoms with Gasteiger partial charge in [-0.3, -0.25) is 0 Å². The van der Waals surface area contributed by atoms with Crippen LogP contribution >= 0.6 is 11.8 Å². The Morgan fingerprint density at radius 2 is 2.40 bits per heavy atom. The lowest BCUT2D eigenvalue weighted by atomic mass is 10.1. The van der Waals surface area contributed by atoms with Crippen molar-refractivity contribution >= 4 is 17.1 Å². The maximum Gasteiger partial charge on any atom is 0.369 e. The van der Waals surface area contributed by atoms with Gasteiger partial charge in [0.25, 0.3) is 0 Å². The van der Waals surface area contributed by atoms with Crippen LogP contribution in [0.5, 0.6) is 0 Å². The molecule has 1 rings (SSSR count). The molecule has 0 aromatic carbocycles. The van der Waals surface area contributed by atoms with E-state index in [1.54, 1.807) is 0 Å². The van der Waals surface area contributed by atoms with Gasteiger partial charge < -0.3 is 5.11 Å². The van der Waals surface area contributed by atoms with Crippen LogP contribution in [0.2, 0.25) is 0 Å². The summed E-state index contributed by atoms with van der Waals surface area (Å²) in [6.45, 7) is 0. The normalized spacial score (nSPS) is 18.2. The standard InChI is InChI=1S/C7H10O2S/c8-7(9)10-6-4-2-1-3-5-6/h4H,1-3,5H2,(H,8,9). The molecule has 0 radical (unpaired) electrons. The maximum atomic E-state index is 10.2. The molecule has 56 valence electrons. The number of carbonyl (C=O) groups is 1. The molecule has 0 amide bonds. The van der Waals surface area contributed by atoms with E-state index in [4.69, 9.17) is 5.11 Å². The van der Waals surface area contributed by atoms with Crippen LogP contribution in [-0.4, -0.2) is 10.4 Å². The fourth-order valence-electron chi connectivity index (χ4n) is 1.01. The van der Waals surface area contributed by atoms with Crippen molar-refractivity contribution in [1.29, 1.82) is 0 Å². The van der Waals surface area contributed by atoms with Crippen LogP contribution in [0, 0.1) is 0 Å². The van der Waals surface area contributed by atoms with Crippen molar-refractivity contribution in [3.05, 3.63) is 11.0 Å². The molecule has 0 saturated heterocycles. The smallest absolute Gasteiger partial charge is 0.369 e. The molecule has 2 nitrogen and oxygen atoms in total. The number of hydrogen-bond donors (Lipinski definition) is 1. The van der Waals surface area contributed by atoms with Gasteiger partial charge >= 0.3 is 5.30 Å². The van der Waals surface area contributed by atoms with Gasteiger partial charge in [0.15, 0.2) is 0 Å². The van der Waals surface area contributed by atoms with Crippen LogP contribution in [0.1, 0.15) is 25.7 Å². The van der Waals surface area contributed by atoms with E-state index in [9.17, 15) is 4.79 Å². The van der Waals surface area contributed by atoms with Crippen LogP contribution < -0.4 is 0 Å². The highest BCUT2D eigenvalue weighted by Crippen LogP contribution is 2.27. The van der Waals surface area contributed by atoms with Crippen LogP contribution in [-0.2, 0) is 0 Å². The van der Waals surface area contributed by atoms with Crippen molar-refractivity contribution in [1.82, 2.24) is 0 Å². The Morgan fingerprint density at radius 3 is 2.90 bits per heavy atom. The second-order valence-electron chi connectivity index (χ2n) is 2.28. The summed E-state index contributed by atoms with van der Waals surface area (Å²) in [6, 6.07) is 0. The highest BCUT2D eigenvalue weighted by Gasteiger charge is 2.07. The summed E-state index contributed by atoms with van der Waals surface area (Å²) in [7, 11) is 0. The number of hydrogen-bond acceptors (Lipinski definition) is 2. The van der Waals surface area contributed by atoms with E-state index in [0.29, 0.717) is 0 Å². The molecule has 0 atom stereocenters. The highest BCUT2D eigenvalue weighted by molar-refractivity contribution is 8.16. The molecular weight excluding hydrogens is 148 g/mol. The third-order valence-corrected chi connectivity index (χ3v) is 2.28. The summed E-state index contributed by atoms with van der Waals surface area (Å²) in [5, 5.41) is 7.60. The molecule has 1 aliphatic carbocycles. The molecule has 0 fully saturated rings. The van der Waals surface area contributed by atoms with Crippen molar-refractivity contribution in [2.75, 3.05) is 0 Å². The number of thioether (sulfide) groups is 1. The van der Waals surface area contributed by atoms with Crippen LogP contribution in [0.15, 0.2) is 11.0 Å². The van der Waals surface area contributed by atoms with Gasteiger partial charge in [0.1, 0.15) is 0 Å². The molecule has 1 N–H and O–H groups in total. The molecule has 0 aromatic heterocycles. The Kier molecular flexibility index (Phi) is 2.81. The molecule has 0 aromatic rings. The molecule has 0 aliphatic heterocycles. The highest BCUT2D eigenvalue weighted by atomic mass is 32.2. The average molecular weight is 158 g/mol. The third kappa shape index (κ3) is 2.43. The molecule has 3 heteroatoms. The summed E-state index contributed by atoms with van der Waals surface area (Å²) in [4.78, 5) is 11.2. The Morgan fingerprint density at radius 1 is 1.60 bits per heavy atom. The number of allylic oxidation sites excluding steroid dienone is 2. The zero-order valence-electron chi connectivity index (χ0n) is 5.67. The van der Waals surface area contributed by atoms with E-state index < -0.39 is 5.30 Å². The van der Waals surface area contributed by atoms with Gasteiger partial charge in [-0.1, -0.05) is 6.08 Å². The zero-order valence-corrected chi connectivity index (χ0v) is 6.49. The Labute approximate surface area is 64.3 Å². The second kappa shape index (κ2) is 3.66. The van der Waals surface area contributed by atoms with Crippen LogP contribution in [0.4, 0.5) is 4.79 Å². The first-order valence-corrected chi connectivity index (χ1v) is 4.20. The summed E-state index contributed by atoms with van der Waals surface area (Å²) in [6.07, 6.45) is 6.39. The average Bonchev–Trinajstić information content (AvgIpc) is 1.88. The summed E-state index contributed by atoms with van der Waals surface area (Å²) >= 11 is 0.953. The molecule has 0 bridgehead atoms. The van der Waals surface area contributed by atoms with Crippen molar-refractivity contribution in [3.63, 3.8) is 0 Å². The lowest BCUT2D eigenvalue weighted by molar-refractivity contribution is 0.222. The van der Waals surface area contributed by atoms with E-state index in [-0.39, 0.29) is 0 Å². The van der Waals surface area contributed by atoms with Crippen molar-refractivity contribution in [3.8, 4) is 0 Å². The van der Waals surface area contributed by atoms with Gasteiger partial charge in [0.05, 0.1) is 0 Å². The Bertz CT molecular complexity index is 163. The predicted molar refractivity (Wildman–Crippen MR) is 42.2 cm³/mol. The van der Waals surface area contributed by atoms with Gasteiger partial charge in [-0.05, 0) is 42.4 Å². The zero-order chi connectivity index (χ0) is 7.40. The van der Waals surface area contributed by atoms with Crippen molar-refractivity contribution in [2.45, 2.75) is 25.7 Å². The quantitative estimate of drug-likeness (QED) is 0.637. The van der Waals surface area contributed by atoms with E-state index in [2.05, 4.69) is 0 Å². The number of rotatable bonds is 1. The topological polar surface area (TPSA) is 37.3 Å². The lowest BCUT2D eigenvalue weighted by Crippen LogP contribution is -1.91. The summed E-state index contributed by atoms with van der Waals surface area (Å²) in [5.74, 6) is 0. The molecule has 0 heterocycles. The lowest BCUT2D eigenvalue weighted by Gasteiger charge is -2.08. The first kappa shape index (κ1) is 7.66. The minimum Gasteiger partial charge on any atom is -0.473 e.